The van der Waals surface area contributed by atoms with Gasteiger partial charge in [-0.25, -0.2) is 54.7 Å². The largest absolute Gasteiger partial charge is 0.478 e. The van der Waals surface area contributed by atoms with E-state index in [0.29, 0.717) is 39.4 Å². The summed E-state index contributed by atoms with van der Waals surface area (Å²) < 4.78 is 120. The first-order valence-corrected chi connectivity index (χ1v) is 21.0. The number of hydrogen-bond donors (Lipinski definition) is 1. The van der Waals surface area contributed by atoms with E-state index in [0.717, 1.165) is 24.3 Å². The molecule has 0 aliphatic carbocycles. The molecule has 20 heteroatoms. The average Bonchev–Trinajstić information content (AvgIpc) is 3.87. The van der Waals surface area contributed by atoms with E-state index >= 15 is 0 Å². The highest BCUT2D eigenvalue weighted by molar-refractivity contribution is 6.06. The Balaban J connectivity index is 0.000000174. The number of esters is 1. The molecule has 0 fully saturated rings. The van der Waals surface area contributed by atoms with E-state index in [2.05, 4.69) is 29.9 Å². The number of nitrogens with zero attached hydrogens (tertiary/aromatic N) is 8. The summed E-state index contributed by atoms with van der Waals surface area (Å²) in [6.07, 6.45) is -0.478. The van der Waals surface area contributed by atoms with Crippen LogP contribution in [0, 0.1) is 37.1 Å². The van der Waals surface area contributed by atoms with E-state index < -0.39 is 59.4 Å². The lowest BCUT2D eigenvalue weighted by Gasteiger charge is -2.13. The number of rotatable bonds is 9. The summed E-state index contributed by atoms with van der Waals surface area (Å²) in [7, 11) is 0. The number of alkyl halides is 4. The Kier molecular flexibility index (Phi) is 12.2. The highest BCUT2D eigenvalue weighted by atomic mass is 19.3. The maximum atomic E-state index is 14.9. The molecule has 10 aromatic rings. The van der Waals surface area contributed by atoms with Gasteiger partial charge in [0.2, 0.25) is 0 Å². The molecule has 0 saturated carbocycles. The number of carboxylic acids is 1. The zero-order valence-corrected chi connectivity index (χ0v) is 36.5. The van der Waals surface area contributed by atoms with Crippen LogP contribution in [0.2, 0.25) is 0 Å². The van der Waals surface area contributed by atoms with Gasteiger partial charge in [-0.15, -0.1) is 0 Å². The minimum Gasteiger partial charge on any atom is -0.478 e. The molecule has 0 bridgehead atoms. The van der Waals surface area contributed by atoms with Gasteiger partial charge in [0.05, 0.1) is 50.9 Å². The van der Waals surface area contributed by atoms with Gasteiger partial charge in [-0.1, -0.05) is 0 Å². The molecule has 0 atom stereocenters. The summed E-state index contributed by atoms with van der Waals surface area (Å²) >= 11 is 0. The number of ether oxygens (including phenoxy) is 1. The van der Waals surface area contributed by atoms with Crippen molar-refractivity contribution in [1.29, 1.82) is 0 Å². The molecule has 70 heavy (non-hydrogen) atoms. The van der Waals surface area contributed by atoms with Crippen LogP contribution in [0.1, 0.15) is 63.5 Å². The van der Waals surface area contributed by atoms with E-state index in [-0.39, 0.29) is 67.5 Å². The molecule has 4 aromatic carbocycles. The molecule has 10 rings (SSSR count). The standard InChI is InChI=1S/C26H18F4N4O2.C24H14F4N4O2/c1-3-36-26(35)16-10-15(14-6-8-31-19(11-14)25(29)30)12-21-23(16)33-13(2)34(21)20-7-9-32-24-18(28)5-4-17(27)22(20)24;1-11-31-21-14(24(33)34)8-13(12-4-6-29-17(9-12)23(27)28)10-19(21)32(11)18-5-7-30-22-16(26)3-2-15(25)20(18)22/h4-12,25H,3H2,1-2H3;2-10,23H,1H3,(H,33,34). The first kappa shape index (κ1) is 46.4. The first-order chi connectivity index (χ1) is 33.6. The Morgan fingerprint density at radius 2 is 0.957 bits per heavy atom. The molecule has 0 aliphatic rings. The second kappa shape index (κ2) is 18.4. The van der Waals surface area contributed by atoms with Crippen LogP contribution < -0.4 is 0 Å². The number of aromatic nitrogens is 8. The van der Waals surface area contributed by atoms with Crippen LogP contribution in [0.5, 0.6) is 0 Å². The third-order valence-electron chi connectivity index (χ3n) is 11.3. The Labute approximate surface area is 389 Å². The maximum Gasteiger partial charge on any atom is 0.340 e. The lowest BCUT2D eigenvalue weighted by Crippen LogP contribution is -2.06. The number of carbonyl (C=O) groups excluding carboxylic acids is 1. The summed E-state index contributed by atoms with van der Waals surface area (Å²) in [5.41, 5.74) is 1.62. The van der Waals surface area contributed by atoms with Gasteiger partial charge in [-0.2, -0.15) is 0 Å². The number of carbonyl (C=O) groups is 2. The van der Waals surface area contributed by atoms with Crippen molar-refractivity contribution in [2.75, 3.05) is 6.61 Å². The van der Waals surface area contributed by atoms with Gasteiger partial charge in [0.25, 0.3) is 12.9 Å². The average molecular weight is 961 g/mol. The molecule has 0 amide bonds. The number of benzene rings is 4. The van der Waals surface area contributed by atoms with E-state index in [1.165, 1.54) is 77.9 Å². The number of carboxylic acid groups (broad SMARTS) is 1. The summed E-state index contributed by atoms with van der Waals surface area (Å²) in [6.45, 7) is 5.00. The SMILES string of the molecule is CCOC(=O)c1cc(-c2ccnc(C(F)F)c2)cc2c1nc(C)n2-c1ccnc2c(F)ccc(F)c12.Cc1nc2c(C(=O)O)cc(-c3ccnc(C(F)F)c3)cc2n1-c1ccnc2c(F)ccc(F)c12. The molecule has 1 N–H and O–H groups in total. The van der Waals surface area contributed by atoms with Gasteiger partial charge in [-0.05, 0) is 128 Å². The van der Waals surface area contributed by atoms with Gasteiger partial charge < -0.3 is 9.84 Å². The fourth-order valence-corrected chi connectivity index (χ4v) is 8.28. The third kappa shape index (κ3) is 8.26. The number of fused-ring (bicyclic) bond motifs is 4. The molecule has 352 valence electrons. The number of halogens is 8. The number of pyridine rings is 4. The number of hydrogen-bond acceptors (Lipinski definition) is 9. The normalized spacial score (nSPS) is 11.6. The summed E-state index contributed by atoms with van der Waals surface area (Å²) in [5.74, 6) is -4.06. The molecule has 6 aromatic heterocycles. The van der Waals surface area contributed by atoms with Gasteiger partial charge >= 0.3 is 11.9 Å². The van der Waals surface area contributed by atoms with Gasteiger partial charge in [-0.3, -0.25) is 29.1 Å². The third-order valence-corrected chi connectivity index (χ3v) is 11.3. The fourth-order valence-electron chi connectivity index (χ4n) is 8.28. The van der Waals surface area contributed by atoms with Crippen LogP contribution in [-0.2, 0) is 4.74 Å². The van der Waals surface area contributed by atoms with Crippen molar-refractivity contribution in [1.82, 2.24) is 39.0 Å². The van der Waals surface area contributed by atoms with Gasteiger partial charge in [0.1, 0.15) is 68.4 Å². The Morgan fingerprint density at radius 3 is 1.39 bits per heavy atom. The molecule has 0 spiro atoms. The lowest BCUT2D eigenvalue weighted by molar-refractivity contribution is 0.0527. The minimum atomic E-state index is -2.81. The van der Waals surface area contributed by atoms with Crippen molar-refractivity contribution in [3.63, 3.8) is 0 Å². The fraction of sp³-hybridized carbons (Fsp3) is 0.120. The van der Waals surface area contributed by atoms with Crippen molar-refractivity contribution < 1.29 is 54.6 Å². The molecule has 0 unspecified atom stereocenters. The van der Waals surface area contributed by atoms with Crippen LogP contribution in [0.4, 0.5) is 35.1 Å². The van der Waals surface area contributed by atoms with Crippen molar-refractivity contribution >= 4 is 55.8 Å². The molecule has 0 radical (unpaired) electrons. The van der Waals surface area contributed by atoms with Crippen molar-refractivity contribution in [2.24, 2.45) is 0 Å². The molecular weight excluding hydrogens is 929 g/mol. The van der Waals surface area contributed by atoms with E-state index in [4.69, 9.17) is 4.74 Å². The van der Waals surface area contributed by atoms with Crippen LogP contribution in [-0.4, -0.2) is 62.7 Å². The molecule has 12 nitrogen and oxygen atoms in total. The zero-order chi connectivity index (χ0) is 49.7. The predicted molar refractivity (Wildman–Crippen MR) is 241 cm³/mol. The van der Waals surface area contributed by atoms with Crippen molar-refractivity contribution in [2.45, 2.75) is 33.6 Å². The summed E-state index contributed by atoms with van der Waals surface area (Å²) in [4.78, 5) is 49.0. The zero-order valence-electron chi connectivity index (χ0n) is 36.5. The second-order valence-corrected chi connectivity index (χ2v) is 15.5. The van der Waals surface area contributed by atoms with Crippen LogP contribution in [0.15, 0.2) is 110 Å². The Hall–Kier alpha value is -8.68. The molecule has 0 saturated heterocycles. The van der Waals surface area contributed by atoms with Gasteiger partial charge in [0.15, 0.2) is 0 Å². The summed E-state index contributed by atoms with van der Waals surface area (Å²) in [5, 5.41) is 9.65. The number of aryl methyl sites for hydroxylation is 2. The maximum absolute atomic E-state index is 14.9. The van der Waals surface area contributed by atoms with Crippen molar-refractivity contribution in [3.05, 3.63) is 167 Å². The highest BCUT2D eigenvalue weighted by Crippen LogP contribution is 2.37. The van der Waals surface area contributed by atoms with E-state index in [9.17, 15) is 49.8 Å². The second-order valence-electron chi connectivity index (χ2n) is 15.5. The number of aromatic carboxylic acids is 1. The van der Waals surface area contributed by atoms with Crippen LogP contribution >= 0.6 is 0 Å². The lowest BCUT2D eigenvalue weighted by atomic mass is 10.0. The van der Waals surface area contributed by atoms with Crippen LogP contribution in [0.25, 0.3) is 77.5 Å². The van der Waals surface area contributed by atoms with Crippen molar-refractivity contribution in [3.8, 4) is 33.6 Å². The van der Waals surface area contributed by atoms with Crippen LogP contribution in [0.3, 0.4) is 0 Å². The van der Waals surface area contributed by atoms with E-state index in [1.807, 2.05) is 0 Å². The first-order valence-electron chi connectivity index (χ1n) is 21.0. The Bertz CT molecular complexity index is 3750. The molecule has 6 heterocycles. The number of imidazole rings is 2. The minimum absolute atomic E-state index is 0.0631. The molecular formula is C50H32F8N8O4. The molecule has 0 aliphatic heterocycles. The topological polar surface area (TPSA) is 151 Å². The van der Waals surface area contributed by atoms with E-state index in [1.54, 1.807) is 37.5 Å². The van der Waals surface area contributed by atoms with Gasteiger partial charge in [0, 0.05) is 24.8 Å². The quantitative estimate of drug-likeness (QED) is 0.109. The highest BCUT2D eigenvalue weighted by Gasteiger charge is 2.25. The predicted octanol–water partition coefficient (Wildman–Crippen LogP) is 12.2. The smallest absolute Gasteiger partial charge is 0.340 e. The summed E-state index contributed by atoms with van der Waals surface area (Å²) in [6, 6.07) is 18.4. The Morgan fingerprint density at radius 1 is 0.543 bits per heavy atom. The monoisotopic (exact) mass is 960 g/mol.